The second-order valence-corrected chi connectivity index (χ2v) is 8.55. The number of nitrogens with one attached hydrogen (secondary N) is 2. The van der Waals surface area contributed by atoms with E-state index < -0.39 is 0 Å². The molecule has 7 heteroatoms. The Kier molecular flexibility index (Phi) is 6.97. The average Bonchev–Trinajstić information content (AvgIpc) is 2.77. The molecule has 2 atom stereocenters. The minimum Gasteiger partial charge on any atom is -0.373 e. The van der Waals surface area contributed by atoms with Crippen molar-refractivity contribution < 1.29 is 9.53 Å². The predicted molar refractivity (Wildman–Crippen MR) is 127 cm³/mol. The molecule has 168 valence electrons. The third-order valence-corrected chi connectivity index (χ3v) is 5.74. The highest BCUT2D eigenvalue weighted by Crippen LogP contribution is 2.26. The lowest BCUT2D eigenvalue weighted by molar-refractivity contribution is -0.116. The Morgan fingerprint density at radius 2 is 1.84 bits per heavy atom. The summed E-state index contributed by atoms with van der Waals surface area (Å²) in [5, 5.41) is 11.2. The number of ether oxygens (including phenoxy) is 1. The molecule has 1 amide bonds. The van der Waals surface area contributed by atoms with Crippen LogP contribution in [0.5, 0.6) is 0 Å². The summed E-state index contributed by atoms with van der Waals surface area (Å²) in [6.07, 6.45) is 2.85. The third kappa shape index (κ3) is 5.41. The molecule has 1 aliphatic heterocycles. The summed E-state index contributed by atoms with van der Waals surface area (Å²) in [5.41, 5.74) is 2.03. The number of benzene rings is 2. The Labute approximate surface area is 187 Å². The van der Waals surface area contributed by atoms with Gasteiger partial charge in [-0.05, 0) is 51.4 Å². The molecule has 2 heterocycles. The van der Waals surface area contributed by atoms with Gasteiger partial charge >= 0.3 is 0 Å². The van der Waals surface area contributed by atoms with Crippen molar-refractivity contribution in [2.75, 3.05) is 25.0 Å². The molecule has 0 aliphatic carbocycles. The smallest absolute Gasteiger partial charge is 0.272 e. The van der Waals surface area contributed by atoms with Crippen LogP contribution < -0.4 is 10.9 Å². The first-order valence-corrected chi connectivity index (χ1v) is 11.2. The number of nitrogens with zero attached hydrogens (tertiary/aromatic N) is 2. The van der Waals surface area contributed by atoms with E-state index in [1.54, 1.807) is 6.07 Å². The van der Waals surface area contributed by atoms with Gasteiger partial charge in [-0.1, -0.05) is 30.3 Å². The first-order valence-electron chi connectivity index (χ1n) is 11.2. The number of amides is 1. The zero-order valence-corrected chi connectivity index (χ0v) is 18.6. The number of H-pyrrole nitrogens is 1. The van der Waals surface area contributed by atoms with Gasteiger partial charge in [0.15, 0.2) is 0 Å². The molecule has 0 bridgehead atoms. The quantitative estimate of drug-likeness (QED) is 0.552. The van der Waals surface area contributed by atoms with Gasteiger partial charge in [0.1, 0.15) is 0 Å². The van der Waals surface area contributed by atoms with Crippen molar-refractivity contribution in [2.45, 2.75) is 45.3 Å². The van der Waals surface area contributed by atoms with Crippen molar-refractivity contribution in [3.05, 3.63) is 58.9 Å². The SMILES string of the molecule is CC1CN(CCCCC(=O)Nc2cccc(-c3n[nH]c(=O)c4ccccc34)c2)CC(C)O1. The van der Waals surface area contributed by atoms with Gasteiger partial charge < -0.3 is 10.1 Å². The highest BCUT2D eigenvalue weighted by Gasteiger charge is 2.21. The topological polar surface area (TPSA) is 87.3 Å². The molecule has 1 aliphatic rings. The van der Waals surface area contributed by atoms with Gasteiger partial charge in [0, 0.05) is 36.1 Å². The van der Waals surface area contributed by atoms with Crippen molar-refractivity contribution in [1.82, 2.24) is 15.1 Å². The summed E-state index contributed by atoms with van der Waals surface area (Å²) >= 11 is 0. The molecule has 1 aromatic heterocycles. The van der Waals surface area contributed by atoms with Crippen LogP contribution in [-0.4, -0.2) is 52.8 Å². The molecule has 0 radical (unpaired) electrons. The summed E-state index contributed by atoms with van der Waals surface area (Å²) in [4.78, 5) is 26.9. The molecule has 0 spiro atoms. The number of fused-ring (bicyclic) bond motifs is 1. The minimum atomic E-state index is -0.213. The first kappa shape index (κ1) is 22.2. The fraction of sp³-hybridized carbons (Fsp3) is 0.400. The van der Waals surface area contributed by atoms with Crippen LogP contribution in [0.1, 0.15) is 33.1 Å². The maximum atomic E-state index is 12.5. The lowest BCUT2D eigenvalue weighted by Crippen LogP contribution is -2.45. The Morgan fingerprint density at radius 1 is 1.09 bits per heavy atom. The molecule has 0 saturated carbocycles. The summed E-state index contributed by atoms with van der Waals surface area (Å²) in [7, 11) is 0. The van der Waals surface area contributed by atoms with E-state index in [4.69, 9.17) is 4.74 Å². The highest BCUT2D eigenvalue weighted by molar-refractivity contribution is 5.95. The minimum absolute atomic E-state index is 0.00477. The van der Waals surface area contributed by atoms with Crippen molar-refractivity contribution >= 4 is 22.4 Å². The molecule has 2 aromatic carbocycles. The number of carbonyl (C=O) groups is 1. The van der Waals surface area contributed by atoms with Gasteiger partial charge in [-0.15, -0.1) is 0 Å². The molecule has 1 fully saturated rings. The third-order valence-electron chi connectivity index (χ3n) is 5.74. The molecule has 4 rings (SSSR count). The van der Waals surface area contributed by atoms with Crippen LogP contribution in [0.25, 0.3) is 22.0 Å². The zero-order valence-electron chi connectivity index (χ0n) is 18.6. The monoisotopic (exact) mass is 434 g/mol. The molecule has 3 aromatic rings. The van der Waals surface area contributed by atoms with E-state index in [2.05, 4.69) is 34.3 Å². The summed E-state index contributed by atoms with van der Waals surface area (Å²) < 4.78 is 5.77. The van der Waals surface area contributed by atoms with Crippen LogP contribution in [0.3, 0.4) is 0 Å². The Morgan fingerprint density at radius 3 is 2.62 bits per heavy atom. The standard InChI is InChI=1S/C25H30N4O3/c1-17-15-29(16-18(2)32-17)13-6-5-12-23(30)26-20-9-7-8-19(14-20)24-21-10-3-4-11-22(21)25(31)28-27-24/h3-4,7-11,14,17-18H,5-6,12-13,15-16H2,1-2H3,(H,26,30)(H,28,31). The van der Waals surface area contributed by atoms with Gasteiger partial charge in [0.2, 0.25) is 5.91 Å². The Bertz CT molecular complexity index is 1130. The van der Waals surface area contributed by atoms with Crippen LogP contribution in [-0.2, 0) is 9.53 Å². The maximum Gasteiger partial charge on any atom is 0.272 e. The molecule has 2 N–H and O–H groups in total. The number of carbonyl (C=O) groups excluding carboxylic acids is 1. The Hall–Kier alpha value is -3.03. The van der Waals surface area contributed by atoms with Crippen molar-refractivity contribution in [3.63, 3.8) is 0 Å². The molecule has 1 saturated heterocycles. The summed E-state index contributed by atoms with van der Waals surface area (Å²) in [6, 6.07) is 14.9. The number of unbranched alkanes of at least 4 members (excludes halogenated alkanes) is 1. The van der Waals surface area contributed by atoms with Gasteiger partial charge in [-0.2, -0.15) is 5.10 Å². The molecule has 7 nitrogen and oxygen atoms in total. The van der Waals surface area contributed by atoms with Gasteiger partial charge in [0.05, 0.1) is 23.3 Å². The second kappa shape index (κ2) is 10.1. The van der Waals surface area contributed by atoms with Gasteiger partial charge in [-0.25, -0.2) is 5.10 Å². The summed E-state index contributed by atoms with van der Waals surface area (Å²) in [5.74, 6) is 0.00477. The molecule has 2 unspecified atom stereocenters. The largest absolute Gasteiger partial charge is 0.373 e. The van der Waals surface area contributed by atoms with Crippen molar-refractivity contribution in [3.8, 4) is 11.3 Å². The molecular weight excluding hydrogens is 404 g/mol. The van der Waals surface area contributed by atoms with Crippen molar-refractivity contribution in [1.29, 1.82) is 0 Å². The van der Waals surface area contributed by atoms with Gasteiger partial charge in [-0.3, -0.25) is 14.5 Å². The number of anilines is 1. The predicted octanol–water partition coefficient (Wildman–Crippen LogP) is 3.81. The number of hydrogen-bond acceptors (Lipinski definition) is 5. The zero-order chi connectivity index (χ0) is 22.5. The van der Waals surface area contributed by atoms with Crippen LogP contribution in [0.2, 0.25) is 0 Å². The van der Waals surface area contributed by atoms with Crippen molar-refractivity contribution in [2.24, 2.45) is 0 Å². The average molecular weight is 435 g/mol. The molecule has 32 heavy (non-hydrogen) atoms. The Balaban J connectivity index is 1.34. The fourth-order valence-corrected chi connectivity index (χ4v) is 4.39. The highest BCUT2D eigenvalue weighted by atomic mass is 16.5. The number of morpholine rings is 1. The maximum absolute atomic E-state index is 12.5. The van der Waals surface area contributed by atoms with E-state index in [0.717, 1.165) is 49.1 Å². The van der Waals surface area contributed by atoms with E-state index in [-0.39, 0.29) is 23.7 Å². The second-order valence-electron chi connectivity index (χ2n) is 8.55. The number of hydrogen-bond donors (Lipinski definition) is 2. The number of rotatable bonds is 7. The summed E-state index contributed by atoms with van der Waals surface area (Å²) in [6.45, 7) is 7.12. The van der Waals surface area contributed by atoms with Gasteiger partial charge in [0.25, 0.3) is 5.56 Å². The lowest BCUT2D eigenvalue weighted by atomic mass is 10.0. The van der Waals surface area contributed by atoms with Crippen LogP contribution >= 0.6 is 0 Å². The number of aromatic nitrogens is 2. The van der Waals surface area contributed by atoms with E-state index in [9.17, 15) is 9.59 Å². The van der Waals surface area contributed by atoms with Crippen LogP contribution in [0.15, 0.2) is 53.3 Å². The van der Waals surface area contributed by atoms with Crippen LogP contribution in [0, 0.1) is 0 Å². The number of aromatic amines is 1. The fourth-order valence-electron chi connectivity index (χ4n) is 4.39. The van der Waals surface area contributed by atoms with E-state index >= 15 is 0 Å². The van der Waals surface area contributed by atoms with E-state index in [0.29, 0.717) is 17.5 Å². The molecular formula is C25H30N4O3. The van der Waals surface area contributed by atoms with E-state index in [1.165, 1.54) is 0 Å². The lowest BCUT2D eigenvalue weighted by Gasteiger charge is -2.35. The van der Waals surface area contributed by atoms with Crippen LogP contribution in [0.4, 0.5) is 5.69 Å². The first-order chi connectivity index (χ1) is 15.5. The normalized spacial score (nSPS) is 19.2. The van der Waals surface area contributed by atoms with E-state index in [1.807, 2.05) is 42.5 Å².